The number of hydrogen-bond donors (Lipinski definition) is 1. The van der Waals surface area contributed by atoms with E-state index in [0.29, 0.717) is 11.6 Å². The molecule has 0 spiro atoms. The molecule has 0 fully saturated rings. The monoisotopic (exact) mass is 358 g/mol. The smallest absolute Gasteiger partial charge is 0.252 e. The molecule has 132 valence electrons. The predicted octanol–water partition coefficient (Wildman–Crippen LogP) is 2.62. The van der Waals surface area contributed by atoms with Gasteiger partial charge in [-0.15, -0.1) is 16.4 Å². The van der Waals surface area contributed by atoms with Crippen molar-refractivity contribution in [1.29, 1.82) is 0 Å². The molecule has 3 rings (SSSR count). The highest BCUT2D eigenvalue weighted by atomic mass is 32.1. The third-order valence-corrected chi connectivity index (χ3v) is 5.25. The van der Waals surface area contributed by atoms with Crippen LogP contribution in [0.25, 0.3) is 5.78 Å². The molecule has 0 radical (unpaired) electrons. The molecule has 0 aromatic carbocycles. The Kier molecular flexibility index (Phi) is 4.80. The summed E-state index contributed by atoms with van der Waals surface area (Å²) < 4.78 is 1.67. The van der Waals surface area contributed by atoms with E-state index < -0.39 is 0 Å². The highest BCUT2D eigenvalue weighted by Crippen LogP contribution is 2.24. The summed E-state index contributed by atoms with van der Waals surface area (Å²) >= 11 is 1.63. The molecule has 3 aromatic rings. The van der Waals surface area contributed by atoms with E-state index in [4.69, 9.17) is 0 Å². The maximum atomic E-state index is 12.4. The van der Waals surface area contributed by atoms with Gasteiger partial charge in [0.05, 0.1) is 18.2 Å². The van der Waals surface area contributed by atoms with E-state index in [-0.39, 0.29) is 18.4 Å². The van der Waals surface area contributed by atoms with Crippen molar-refractivity contribution in [3.63, 3.8) is 0 Å². The van der Waals surface area contributed by atoms with Crippen LogP contribution in [0.3, 0.4) is 0 Å². The summed E-state index contributed by atoms with van der Waals surface area (Å²) in [6.45, 7) is 9.93. The van der Waals surface area contributed by atoms with Crippen molar-refractivity contribution in [3.8, 4) is 0 Å². The minimum Gasteiger partial charge on any atom is -0.346 e. The molecule has 1 unspecified atom stereocenters. The van der Waals surface area contributed by atoms with Gasteiger partial charge in [0, 0.05) is 16.3 Å². The molecular formula is C17H22N6OS. The Morgan fingerprint density at radius 2 is 2.00 bits per heavy atom. The fourth-order valence-corrected chi connectivity index (χ4v) is 3.71. The Bertz CT molecular complexity index is 909. The van der Waals surface area contributed by atoms with Crippen LogP contribution >= 0.6 is 11.3 Å². The van der Waals surface area contributed by atoms with Crippen molar-refractivity contribution in [2.75, 3.05) is 0 Å². The topological polar surface area (TPSA) is 85.1 Å². The summed E-state index contributed by atoms with van der Waals surface area (Å²) in [5, 5.41) is 8.37. The summed E-state index contributed by atoms with van der Waals surface area (Å²) in [4.78, 5) is 26.9. The van der Waals surface area contributed by atoms with E-state index >= 15 is 0 Å². The normalized spacial score (nSPS) is 12.5. The van der Waals surface area contributed by atoms with Gasteiger partial charge >= 0.3 is 0 Å². The highest BCUT2D eigenvalue weighted by molar-refractivity contribution is 7.11. The molecule has 0 bridgehead atoms. The van der Waals surface area contributed by atoms with Gasteiger partial charge in [-0.1, -0.05) is 6.92 Å². The van der Waals surface area contributed by atoms with Crippen molar-refractivity contribution in [3.05, 3.63) is 38.9 Å². The standard InChI is InChI=1S/C17H22N6OS/c1-6-13(16-19-11(4)12(5)25-16)20-15(24)8-14-21-17-18-9(2)7-10(3)23(17)22-14/h7,13H,6,8H2,1-5H3,(H,20,24). The SMILES string of the molecule is CCC(NC(=O)Cc1nc2nc(C)cc(C)n2n1)c1nc(C)c(C)s1. The predicted molar refractivity (Wildman–Crippen MR) is 96.7 cm³/mol. The van der Waals surface area contributed by atoms with Crippen LogP contribution in [-0.2, 0) is 11.2 Å². The number of aryl methyl sites for hydroxylation is 4. The first-order valence-corrected chi connectivity index (χ1v) is 9.12. The van der Waals surface area contributed by atoms with Gasteiger partial charge in [-0.05, 0) is 40.2 Å². The molecule has 0 aliphatic carbocycles. The zero-order valence-corrected chi connectivity index (χ0v) is 15.9. The van der Waals surface area contributed by atoms with Crippen LogP contribution in [0.5, 0.6) is 0 Å². The number of nitrogens with one attached hydrogen (secondary N) is 1. The molecule has 0 aliphatic rings. The number of amides is 1. The number of fused-ring (bicyclic) bond motifs is 1. The first kappa shape index (κ1) is 17.5. The number of hydrogen-bond acceptors (Lipinski definition) is 6. The summed E-state index contributed by atoms with van der Waals surface area (Å²) in [6, 6.07) is 1.86. The van der Waals surface area contributed by atoms with E-state index in [0.717, 1.165) is 28.5 Å². The van der Waals surface area contributed by atoms with Crippen molar-refractivity contribution in [1.82, 2.24) is 29.9 Å². The second kappa shape index (κ2) is 6.87. The molecule has 1 N–H and O–H groups in total. The largest absolute Gasteiger partial charge is 0.346 e. The molecule has 3 aromatic heterocycles. The lowest BCUT2D eigenvalue weighted by molar-refractivity contribution is -0.121. The molecule has 1 amide bonds. The molecule has 7 nitrogen and oxygen atoms in total. The number of rotatable bonds is 5. The number of aromatic nitrogens is 5. The Morgan fingerprint density at radius 1 is 1.24 bits per heavy atom. The maximum Gasteiger partial charge on any atom is 0.252 e. The van der Waals surface area contributed by atoms with E-state index in [9.17, 15) is 4.79 Å². The van der Waals surface area contributed by atoms with Crippen molar-refractivity contribution >= 4 is 23.0 Å². The van der Waals surface area contributed by atoms with Crippen molar-refractivity contribution < 1.29 is 4.79 Å². The molecule has 25 heavy (non-hydrogen) atoms. The third-order valence-electron chi connectivity index (χ3n) is 4.07. The minimum absolute atomic E-state index is 0.0796. The fraction of sp³-hybridized carbons (Fsp3) is 0.471. The van der Waals surface area contributed by atoms with Crippen LogP contribution in [0.1, 0.15) is 52.2 Å². The fourth-order valence-electron chi connectivity index (χ4n) is 2.66. The first-order valence-electron chi connectivity index (χ1n) is 8.30. The lowest BCUT2D eigenvalue weighted by atomic mass is 10.2. The van der Waals surface area contributed by atoms with Gasteiger partial charge in [0.2, 0.25) is 5.91 Å². The number of carbonyl (C=O) groups is 1. The van der Waals surface area contributed by atoms with Crippen molar-refractivity contribution in [2.24, 2.45) is 0 Å². The van der Waals surface area contributed by atoms with Gasteiger partial charge in [0.1, 0.15) is 5.01 Å². The van der Waals surface area contributed by atoms with Gasteiger partial charge in [0.15, 0.2) is 5.82 Å². The average molecular weight is 358 g/mol. The summed E-state index contributed by atoms with van der Waals surface area (Å²) in [6.07, 6.45) is 0.915. The van der Waals surface area contributed by atoms with Crippen LogP contribution in [0.15, 0.2) is 6.07 Å². The van der Waals surface area contributed by atoms with Gasteiger partial charge in [0.25, 0.3) is 5.78 Å². The average Bonchev–Trinajstić information content (AvgIpc) is 3.08. The van der Waals surface area contributed by atoms with Crippen LogP contribution in [0, 0.1) is 27.7 Å². The highest BCUT2D eigenvalue weighted by Gasteiger charge is 2.19. The Hall–Kier alpha value is -2.35. The summed E-state index contributed by atoms with van der Waals surface area (Å²) in [5.41, 5.74) is 2.85. The second-order valence-corrected chi connectivity index (χ2v) is 7.41. The van der Waals surface area contributed by atoms with E-state index in [1.54, 1.807) is 15.9 Å². The van der Waals surface area contributed by atoms with Crippen LogP contribution < -0.4 is 5.32 Å². The number of nitrogens with zero attached hydrogens (tertiary/aromatic N) is 5. The molecule has 0 aliphatic heterocycles. The Labute approximate surface area is 150 Å². The van der Waals surface area contributed by atoms with Crippen LogP contribution in [0.2, 0.25) is 0 Å². The molecular weight excluding hydrogens is 336 g/mol. The molecule has 3 heterocycles. The summed E-state index contributed by atoms with van der Waals surface area (Å²) in [5.74, 6) is 0.890. The van der Waals surface area contributed by atoms with Crippen LogP contribution in [0.4, 0.5) is 0 Å². The zero-order valence-electron chi connectivity index (χ0n) is 15.1. The van der Waals surface area contributed by atoms with Crippen LogP contribution in [-0.4, -0.2) is 30.5 Å². The zero-order chi connectivity index (χ0) is 18.1. The molecule has 0 saturated carbocycles. The molecule has 8 heteroatoms. The minimum atomic E-state index is -0.109. The van der Waals surface area contributed by atoms with Crippen molar-refractivity contribution in [2.45, 2.75) is 53.5 Å². The lowest BCUT2D eigenvalue weighted by Crippen LogP contribution is -2.29. The number of carbonyl (C=O) groups excluding carboxylic acids is 1. The Balaban J connectivity index is 1.74. The Morgan fingerprint density at radius 3 is 2.64 bits per heavy atom. The number of thiazole rings is 1. The maximum absolute atomic E-state index is 12.4. The van der Waals surface area contributed by atoms with Gasteiger partial charge in [-0.2, -0.15) is 4.98 Å². The lowest BCUT2D eigenvalue weighted by Gasteiger charge is -2.13. The van der Waals surface area contributed by atoms with Gasteiger partial charge in [-0.25, -0.2) is 14.5 Å². The second-order valence-electron chi connectivity index (χ2n) is 6.18. The molecule has 0 saturated heterocycles. The quantitative estimate of drug-likeness (QED) is 0.758. The van der Waals surface area contributed by atoms with Gasteiger partial charge in [-0.3, -0.25) is 4.79 Å². The van der Waals surface area contributed by atoms with Gasteiger partial charge < -0.3 is 5.32 Å². The summed E-state index contributed by atoms with van der Waals surface area (Å²) in [7, 11) is 0. The van der Waals surface area contributed by atoms with E-state index in [1.807, 2.05) is 40.7 Å². The molecule has 1 atom stereocenters. The third kappa shape index (κ3) is 3.68. The van der Waals surface area contributed by atoms with E-state index in [2.05, 4.69) is 25.4 Å². The first-order chi connectivity index (χ1) is 11.9. The van der Waals surface area contributed by atoms with E-state index in [1.165, 1.54) is 4.88 Å².